The van der Waals surface area contributed by atoms with Gasteiger partial charge in [0.05, 0.1) is 10.9 Å². The number of aromatic nitrogens is 4. The fourth-order valence-electron chi connectivity index (χ4n) is 5.81. The molecule has 7 nitrogen and oxygen atoms in total. The standard InChI is InChI=1S/C30H30N6O/c1-19-12-27(37-23-6-3-2-4-7-23)34-26-15-21(8-9-24(19)26)25-17-36(30-28(25)29(31)32-18-33-30)22-13-20(14-22)16-35-10-5-11-35/h2-4,6-9,12,15,17-18,20,22H,5,10-11,13-14,16H2,1H3,(H2,31,32,33). The first kappa shape index (κ1) is 22.2. The Hall–Kier alpha value is -3.97. The van der Waals surface area contributed by atoms with E-state index in [0.29, 0.717) is 17.7 Å². The van der Waals surface area contributed by atoms with Crippen LogP contribution in [-0.4, -0.2) is 44.1 Å². The van der Waals surface area contributed by atoms with Crippen LogP contribution in [0.4, 0.5) is 5.82 Å². The maximum Gasteiger partial charge on any atom is 0.220 e. The summed E-state index contributed by atoms with van der Waals surface area (Å²) in [6, 6.07) is 18.6. The molecule has 0 unspecified atom stereocenters. The minimum atomic E-state index is 0.448. The summed E-state index contributed by atoms with van der Waals surface area (Å²) >= 11 is 0. The Morgan fingerprint density at radius 2 is 1.86 bits per heavy atom. The number of nitrogens with zero attached hydrogens (tertiary/aromatic N) is 5. The van der Waals surface area contributed by atoms with E-state index < -0.39 is 0 Å². The summed E-state index contributed by atoms with van der Waals surface area (Å²) in [6.45, 7) is 5.83. The average Bonchev–Trinajstić information content (AvgIpc) is 3.23. The molecule has 1 saturated carbocycles. The fraction of sp³-hybridized carbons (Fsp3) is 0.300. The highest BCUT2D eigenvalue weighted by Gasteiger charge is 2.34. The molecule has 0 spiro atoms. The molecular weight excluding hydrogens is 460 g/mol. The first-order valence-electron chi connectivity index (χ1n) is 13.1. The Labute approximate surface area is 215 Å². The molecule has 0 atom stereocenters. The monoisotopic (exact) mass is 490 g/mol. The molecule has 2 fully saturated rings. The molecule has 0 amide bonds. The molecule has 5 aromatic rings. The zero-order chi connectivity index (χ0) is 24.9. The SMILES string of the molecule is Cc1cc(Oc2ccccc2)nc2cc(-c3cn(C4CC(CN5CCC5)C4)c4ncnc(N)c34)ccc12. The normalized spacial score (nSPS) is 19.6. The number of hydrogen-bond donors (Lipinski definition) is 1. The number of likely N-dealkylation sites (tertiary alicyclic amines) is 1. The molecule has 2 aliphatic rings. The van der Waals surface area contributed by atoms with Crippen molar-refractivity contribution in [1.82, 2.24) is 24.4 Å². The largest absolute Gasteiger partial charge is 0.439 e. The van der Waals surface area contributed by atoms with Crippen molar-refractivity contribution in [1.29, 1.82) is 0 Å². The summed E-state index contributed by atoms with van der Waals surface area (Å²) < 4.78 is 8.38. The molecule has 2 N–H and O–H groups in total. The number of para-hydroxylation sites is 1. The Kier molecular flexibility index (Phi) is 5.32. The van der Waals surface area contributed by atoms with Crippen LogP contribution in [0.3, 0.4) is 0 Å². The van der Waals surface area contributed by atoms with E-state index in [4.69, 9.17) is 15.5 Å². The second kappa shape index (κ2) is 8.85. The molecule has 37 heavy (non-hydrogen) atoms. The second-order valence-electron chi connectivity index (χ2n) is 10.5. The molecule has 7 rings (SSSR count). The summed E-state index contributed by atoms with van der Waals surface area (Å²) in [7, 11) is 0. The van der Waals surface area contributed by atoms with E-state index in [1.54, 1.807) is 6.33 Å². The van der Waals surface area contributed by atoms with E-state index in [0.717, 1.165) is 50.3 Å². The Bertz CT molecular complexity index is 1600. The van der Waals surface area contributed by atoms with Crippen molar-refractivity contribution in [3.8, 4) is 22.8 Å². The van der Waals surface area contributed by atoms with Gasteiger partial charge in [0.2, 0.25) is 5.88 Å². The van der Waals surface area contributed by atoms with Gasteiger partial charge in [0, 0.05) is 35.8 Å². The van der Waals surface area contributed by atoms with Gasteiger partial charge in [0.1, 0.15) is 23.5 Å². The summed E-state index contributed by atoms with van der Waals surface area (Å²) in [5.74, 6) is 2.63. The molecule has 4 heterocycles. The summed E-state index contributed by atoms with van der Waals surface area (Å²) in [6.07, 6.45) is 7.51. The zero-order valence-corrected chi connectivity index (χ0v) is 21.0. The number of hydrogen-bond acceptors (Lipinski definition) is 6. The summed E-state index contributed by atoms with van der Waals surface area (Å²) in [5.41, 5.74) is 11.5. The van der Waals surface area contributed by atoms with Crippen molar-refractivity contribution >= 4 is 27.8 Å². The third-order valence-electron chi connectivity index (χ3n) is 7.98. The van der Waals surface area contributed by atoms with Crippen molar-refractivity contribution in [3.63, 3.8) is 0 Å². The minimum Gasteiger partial charge on any atom is -0.439 e. The van der Waals surface area contributed by atoms with Gasteiger partial charge in [-0.1, -0.05) is 30.3 Å². The van der Waals surface area contributed by atoms with Gasteiger partial charge >= 0.3 is 0 Å². The number of ether oxygens (including phenoxy) is 1. The summed E-state index contributed by atoms with van der Waals surface area (Å²) in [4.78, 5) is 16.4. The molecule has 186 valence electrons. The number of fused-ring (bicyclic) bond motifs is 2. The predicted octanol–water partition coefficient (Wildman–Crippen LogP) is 5.99. The van der Waals surface area contributed by atoms with E-state index in [1.807, 2.05) is 36.4 Å². The van der Waals surface area contributed by atoms with Gasteiger partial charge in [-0.3, -0.25) is 0 Å². The van der Waals surface area contributed by atoms with Crippen molar-refractivity contribution in [2.45, 2.75) is 32.2 Å². The van der Waals surface area contributed by atoms with Crippen LogP contribution in [0.1, 0.15) is 30.9 Å². The van der Waals surface area contributed by atoms with Crippen LogP contribution < -0.4 is 10.5 Å². The minimum absolute atomic E-state index is 0.448. The first-order chi connectivity index (χ1) is 18.1. The molecule has 0 bridgehead atoms. The lowest BCUT2D eigenvalue weighted by Crippen LogP contribution is -2.43. The quantitative estimate of drug-likeness (QED) is 0.315. The smallest absolute Gasteiger partial charge is 0.220 e. The molecule has 2 aromatic carbocycles. The molecule has 0 radical (unpaired) electrons. The van der Waals surface area contributed by atoms with E-state index in [-0.39, 0.29) is 0 Å². The molecular formula is C30H30N6O. The van der Waals surface area contributed by atoms with E-state index in [1.165, 1.54) is 38.9 Å². The predicted molar refractivity (Wildman–Crippen MR) is 147 cm³/mol. The number of aryl methyl sites for hydroxylation is 1. The summed E-state index contributed by atoms with van der Waals surface area (Å²) in [5, 5.41) is 2.02. The van der Waals surface area contributed by atoms with Crippen LogP contribution in [0.15, 0.2) is 67.1 Å². The van der Waals surface area contributed by atoms with Crippen molar-refractivity contribution in [2.75, 3.05) is 25.4 Å². The Morgan fingerprint density at radius 3 is 2.65 bits per heavy atom. The number of benzene rings is 2. The van der Waals surface area contributed by atoms with Gasteiger partial charge in [-0.05, 0) is 74.5 Å². The average molecular weight is 491 g/mol. The number of nitrogen functional groups attached to an aromatic ring is 1. The highest BCUT2D eigenvalue weighted by Crippen LogP contribution is 2.43. The van der Waals surface area contributed by atoms with Gasteiger partial charge < -0.3 is 19.9 Å². The Balaban J connectivity index is 1.25. The number of rotatable bonds is 6. The van der Waals surface area contributed by atoms with Gasteiger partial charge in [-0.25, -0.2) is 15.0 Å². The first-order valence-corrected chi connectivity index (χ1v) is 13.1. The highest BCUT2D eigenvalue weighted by atomic mass is 16.5. The lowest BCUT2D eigenvalue weighted by molar-refractivity contribution is 0.0921. The lowest BCUT2D eigenvalue weighted by atomic mass is 9.79. The topological polar surface area (TPSA) is 82.1 Å². The fourth-order valence-corrected chi connectivity index (χ4v) is 5.81. The third kappa shape index (κ3) is 4.00. The van der Waals surface area contributed by atoms with Crippen molar-refractivity contribution < 1.29 is 4.74 Å². The van der Waals surface area contributed by atoms with Crippen molar-refractivity contribution in [2.24, 2.45) is 5.92 Å². The highest BCUT2D eigenvalue weighted by molar-refractivity contribution is 6.02. The second-order valence-corrected chi connectivity index (χ2v) is 10.5. The van der Waals surface area contributed by atoms with Crippen LogP contribution >= 0.6 is 0 Å². The van der Waals surface area contributed by atoms with Crippen LogP contribution in [0.2, 0.25) is 0 Å². The third-order valence-corrected chi connectivity index (χ3v) is 7.98. The van der Waals surface area contributed by atoms with Crippen LogP contribution in [-0.2, 0) is 0 Å². The van der Waals surface area contributed by atoms with E-state index in [9.17, 15) is 0 Å². The van der Waals surface area contributed by atoms with E-state index in [2.05, 4.69) is 50.8 Å². The van der Waals surface area contributed by atoms with E-state index >= 15 is 0 Å². The van der Waals surface area contributed by atoms with Gasteiger partial charge in [-0.15, -0.1) is 0 Å². The lowest BCUT2D eigenvalue weighted by Gasteiger charge is -2.42. The maximum atomic E-state index is 6.43. The maximum absolute atomic E-state index is 6.43. The van der Waals surface area contributed by atoms with Crippen LogP contribution in [0.25, 0.3) is 33.1 Å². The molecule has 1 saturated heterocycles. The molecule has 7 heteroatoms. The van der Waals surface area contributed by atoms with Gasteiger partial charge in [-0.2, -0.15) is 0 Å². The van der Waals surface area contributed by atoms with Crippen molar-refractivity contribution in [3.05, 3.63) is 72.7 Å². The molecule has 3 aromatic heterocycles. The van der Waals surface area contributed by atoms with Gasteiger partial charge in [0.25, 0.3) is 0 Å². The number of anilines is 1. The molecule has 1 aliphatic carbocycles. The number of pyridine rings is 1. The van der Waals surface area contributed by atoms with Crippen LogP contribution in [0, 0.1) is 12.8 Å². The number of nitrogens with two attached hydrogens (primary N) is 1. The zero-order valence-electron chi connectivity index (χ0n) is 21.0. The Morgan fingerprint density at radius 1 is 1.03 bits per heavy atom. The van der Waals surface area contributed by atoms with Gasteiger partial charge in [0.15, 0.2) is 0 Å². The molecule has 1 aliphatic heterocycles. The van der Waals surface area contributed by atoms with Crippen LogP contribution in [0.5, 0.6) is 11.6 Å².